The van der Waals surface area contributed by atoms with Gasteiger partial charge in [0, 0.05) is 20.2 Å². The van der Waals surface area contributed by atoms with Gasteiger partial charge in [-0.15, -0.1) is 0 Å². The van der Waals surface area contributed by atoms with Crippen molar-refractivity contribution >= 4 is 11.9 Å². The molecule has 0 spiro atoms. The van der Waals surface area contributed by atoms with Gasteiger partial charge in [-0.05, 0) is 34.1 Å². The number of likely N-dealkylation sites (N-methyl/N-ethyl adjacent to an activating group) is 1. The third kappa shape index (κ3) is 3.93. The van der Waals surface area contributed by atoms with Gasteiger partial charge >= 0.3 is 6.01 Å². The second-order valence-corrected chi connectivity index (χ2v) is 5.48. The first-order valence-corrected chi connectivity index (χ1v) is 7.52. The van der Waals surface area contributed by atoms with Crippen LogP contribution in [0.2, 0.25) is 0 Å². The molecule has 0 bridgehead atoms. The molecule has 0 aliphatic carbocycles. The molecule has 0 radical (unpaired) electrons. The standard InChI is InChI=1S/C14H25N5O2/c1-6-15-12-16-13(18-14(17-12)21-9(2)3)19(5)11-7-8-20-10(11)4/h9-11H,6-8H2,1-5H3,(H,15,16,17,18). The van der Waals surface area contributed by atoms with Gasteiger partial charge < -0.3 is 19.7 Å². The van der Waals surface area contributed by atoms with E-state index in [2.05, 4.69) is 27.2 Å². The van der Waals surface area contributed by atoms with Gasteiger partial charge in [0.15, 0.2) is 0 Å². The number of hydrogen-bond donors (Lipinski definition) is 1. The Labute approximate surface area is 126 Å². The average Bonchev–Trinajstić information content (AvgIpc) is 2.83. The first kappa shape index (κ1) is 15.8. The number of rotatable bonds is 6. The fraction of sp³-hybridized carbons (Fsp3) is 0.786. The molecule has 1 aliphatic rings. The van der Waals surface area contributed by atoms with Crippen molar-refractivity contribution in [1.29, 1.82) is 0 Å². The minimum Gasteiger partial charge on any atom is -0.461 e. The summed E-state index contributed by atoms with van der Waals surface area (Å²) in [6.07, 6.45) is 1.16. The molecule has 1 N–H and O–H groups in total. The predicted molar refractivity (Wildman–Crippen MR) is 82.0 cm³/mol. The highest BCUT2D eigenvalue weighted by Gasteiger charge is 2.30. The van der Waals surface area contributed by atoms with Crippen LogP contribution in [0.15, 0.2) is 0 Å². The average molecular weight is 295 g/mol. The van der Waals surface area contributed by atoms with Crippen molar-refractivity contribution in [2.45, 2.75) is 52.4 Å². The number of hydrogen-bond acceptors (Lipinski definition) is 7. The lowest BCUT2D eigenvalue weighted by atomic mass is 10.1. The molecule has 0 aromatic carbocycles. The van der Waals surface area contributed by atoms with Crippen LogP contribution in [0.1, 0.15) is 34.1 Å². The summed E-state index contributed by atoms with van der Waals surface area (Å²) in [6, 6.07) is 0.623. The molecule has 1 aromatic heterocycles. The Bertz CT molecular complexity index is 469. The Kier molecular flexibility index (Phi) is 5.17. The van der Waals surface area contributed by atoms with Crippen molar-refractivity contribution in [1.82, 2.24) is 15.0 Å². The molecule has 21 heavy (non-hydrogen) atoms. The monoisotopic (exact) mass is 295 g/mol. The summed E-state index contributed by atoms with van der Waals surface area (Å²) in [4.78, 5) is 15.2. The molecule has 2 atom stereocenters. The fourth-order valence-electron chi connectivity index (χ4n) is 2.38. The number of aromatic nitrogens is 3. The zero-order valence-electron chi connectivity index (χ0n) is 13.5. The molecular formula is C14H25N5O2. The summed E-state index contributed by atoms with van der Waals surface area (Å²) < 4.78 is 11.2. The van der Waals surface area contributed by atoms with E-state index in [-0.39, 0.29) is 18.2 Å². The number of ether oxygens (including phenoxy) is 2. The van der Waals surface area contributed by atoms with Gasteiger partial charge in [0.2, 0.25) is 11.9 Å². The third-order valence-electron chi connectivity index (χ3n) is 3.43. The quantitative estimate of drug-likeness (QED) is 0.856. The van der Waals surface area contributed by atoms with Crippen LogP contribution in [0, 0.1) is 0 Å². The molecule has 1 saturated heterocycles. The number of nitrogens with zero attached hydrogens (tertiary/aromatic N) is 4. The van der Waals surface area contributed by atoms with Crippen molar-refractivity contribution in [2.75, 3.05) is 30.4 Å². The van der Waals surface area contributed by atoms with Gasteiger partial charge in [0.1, 0.15) is 0 Å². The minimum absolute atomic E-state index is 0.0220. The molecular weight excluding hydrogens is 270 g/mol. The first-order valence-electron chi connectivity index (χ1n) is 7.52. The third-order valence-corrected chi connectivity index (χ3v) is 3.43. The summed E-state index contributed by atoms with van der Waals surface area (Å²) in [7, 11) is 1.99. The van der Waals surface area contributed by atoms with Gasteiger partial charge in [-0.1, -0.05) is 0 Å². The van der Waals surface area contributed by atoms with Crippen LogP contribution in [0.3, 0.4) is 0 Å². The molecule has 2 heterocycles. The van der Waals surface area contributed by atoms with E-state index in [4.69, 9.17) is 9.47 Å². The van der Waals surface area contributed by atoms with E-state index in [1.807, 2.05) is 32.7 Å². The molecule has 1 fully saturated rings. The number of anilines is 2. The van der Waals surface area contributed by atoms with Crippen LogP contribution >= 0.6 is 0 Å². The molecule has 0 saturated carbocycles. The van der Waals surface area contributed by atoms with Crippen molar-refractivity contribution in [3.05, 3.63) is 0 Å². The highest BCUT2D eigenvalue weighted by Crippen LogP contribution is 2.23. The van der Waals surface area contributed by atoms with Crippen molar-refractivity contribution < 1.29 is 9.47 Å². The topological polar surface area (TPSA) is 72.4 Å². The molecule has 2 unspecified atom stereocenters. The van der Waals surface area contributed by atoms with E-state index in [1.165, 1.54) is 0 Å². The molecule has 1 aliphatic heterocycles. The first-order chi connectivity index (χ1) is 10.0. The lowest BCUT2D eigenvalue weighted by Crippen LogP contribution is -2.38. The zero-order chi connectivity index (χ0) is 15.4. The Morgan fingerprint density at radius 2 is 2.14 bits per heavy atom. The molecule has 7 heteroatoms. The second-order valence-electron chi connectivity index (χ2n) is 5.48. The summed E-state index contributed by atoms with van der Waals surface area (Å²) in [5.74, 6) is 1.15. The smallest absolute Gasteiger partial charge is 0.323 e. The van der Waals surface area contributed by atoms with E-state index >= 15 is 0 Å². The van der Waals surface area contributed by atoms with Crippen LogP contribution in [-0.2, 0) is 4.74 Å². The number of nitrogens with one attached hydrogen (secondary N) is 1. The van der Waals surface area contributed by atoms with E-state index in [0.29, 0.717) is 17.9 Å². The predicted octanol–water partition coefficient (Wildman–Crippen LogP) is 1.70. The second kappa shape index (κ2) is 6.89. The summed E-state index contributed by atoms with van der Waals surface area (Å²) in [5.41, 5.74) is 0. The Balaban J connectivity index is 2.25. The maximum absolute atomic E-state index is 5.62. The molecule has 0 amide bonds. The fourth-order valence-corrected chi connectivity index (χ4v) is 2.38. The van der Waals surface area contributed by atoms with Gasteiger partial charge in [-0.2, -0.15) is 15.0 Å². The largest absolute Gasteiger partial charge is 0.461 e. The van der Waals surface area contributed by atoms with Crippen molar-refractivity contribution in [3.8, 4) is 6.01 Å². The maximum Gasteiger partial charge on any atom is 0.323 e. The van der Waals surface area contributed by atoms with Crippen LogP contribution in [0.5, 0.6) is 6.01 Å². The molecule has 1 aromatic rings. The van der Waals surface area contributed by atoms with Gasteiger partial charge in [-0.3, -0.25) is 0 Å². The summed E-state index contributed by atoms with van der Waals surface area (Å²) in [6.45, 7) is 9.50. The SMILES string of the molecule is CCNc1nc(OC(C)C)nc(N(C)C2CCOC2C)n1. The zero-order valence-corrected chi connectivity index (χ0v) is 13.5. The molecule has 7 nitrogen and oxygen atoms in total. The van der Waals surface area contributed by atoms with E-state index < -0.39 is 0 Å². The van der Waals surface area contributed by atoms with Crippen molar-refractivity contribution in [2.24, 2.45) is 0 Å². The summed E-state index contributed by atoms with van der Waals surface area (Å²) >= 11 is 0. The maximum atomic E-state index is 5.62. The van der Waals surface area contributed by atoms with Gasteiger partial charge in [0.25, 0.3) is 0 Å². The molecule has 2 rings (SSSR count). The van der Waals surface area contributed by atoms with E-state index in [9.17, 15) is 0 Å². The van der Waals surface area contributed by atoms with Crippen LogP contribution < -0.4 is 15.0 Å². The lowest BCUT2D eigenvalue weighted by Gasteiger charge is -2.27. The van der Waals surface area contributed by atoms with Crippen LogP contribution in [0.25, 0.3) is 0 Å². The molecule has 118 valence electrons. The van der Waals surface area contributed by atoms with E-state index in [0.717, 1.165) is 19.6 Å². The lowest BCUT2D eigenvalue weighted by molar-refractivity contribution is 0.118. The highest BCUT2D eigenvalue weighted by atomic mass is 16.5. The normalized spacial score (nSPS) is 21.6. The Morgan fingerprint density at radius 1 is 1.38 bits per heavy atom. The highest BCUT2D eigenvalue weighted by molar-refractivity contribution is 5.39. The Hall–Kier alpha value is -1.63. The van der Waals surface area contributed by atoms with Crippen LogP contribution in [-0.4, -0.2) is 53.4 Å². The van der Waals surface area contributed by atoms with E-state index in [1.54, 1.807) is 0 Å². The minimum atomic E-state index is 0.0220. The summed E-state index contributed by atoms with van der Waals surface area (Å²) in [5, 5.41) is 3.12. The van der Waals surface area contributed by atoms with Gasteiger partial charge in [-0.25, -0.2) is 0 Å². The van der Waals surface area contributed by atoms with Gasteiger partial charge in [0.05, 0.1) is 18.2 Å². The Morgan fingerprint density at radius 3 is 2.71 bits per heavy atom. The van der Waals surface area contributed by atoms with Crippen molar-refractivity contribution in [3.63, 3.8) is 0 Å². The van der Waals surface area contributed by atoms with Crippen LogP contribution in [0.4, 0.5) is 11.9 Å².